The van der Waals surface area contributed by atoms with E-state index in [-0.39, 0.29) is 5.82 Å². The van der Waals surface area contributed by atoms with E-state index in [1.54, 1.807) is 13.8 Å². The van der Waals surface area contributed by atoms with Gasteiger partial charge in [0.1, 0.15) is 12.1 Å². The molecule has 1 N–H and O–H groups in total. The normalized spacial score (nSPS) is 11.3. The number of rotatable bonds is 4. The zero-order chi connectivity index (χ0) is 12.3. The molecule has 0 atom stereocenters. The third-order valence-corrected chi connectivity index (χ3v) is 2.73. The van der Waals surface area contributed by atoms with Gasteiger partial charge in [0, 0.05) is 17.6 Å². The van der Waals surface area contributed by atoms with Crippen LogP contribution >= 0.6 is 0 Å². The fourth-order valence-corrected chi connectivity index (χ4v) is 1.79. The second-order valence-corrected chi connectivity index (χ2v) is 4.50. The van der Waals surface area contributed by atoms with Gasteiger partial charge in [-0.25, -0.2) is 4.39 Å². The highest BCUT2D eigenvalue weighted by Crippen LogP contribution is 2.30. The van der Waals surface area contributed by atoms with Crippen LogP contribution < -0.4 is 5.32 Å². The number of carbonyl (C=O) groups is 1. The van der Waals surface area contributed by atoms with Crippen molar-refractivity contribution in [1.82, 2.24) is 0 Å². The maximum Gasteiger partial charge on any atom is 0.129 e. The number of anilines is 1. The summed E-state index contributed by atoms with van der Waals surface area (Å²) in [6.07, 6.45) is 0.852. The van der Waals surface area contributed by atoms with Crippen LogP contribution in [0.5, 0.6) is 0 Å². The lowest BCUT2D eigenvalue weighted by Crippen LogP contribution is -2.21. The van der Waals surface area contributed by atoms with E-state index in [2.05, 4.69) is 5.32 Å². The van der Waals surface area contributed by atoms with Crippen molar-refractivity contribution in [3.63, 3.8) is 0 Å². The van der Waals surface area contributed by atoms with Crippen LogP contribution in [-0.4, -0.2) is 12.8 Å². The lowest BCUT2D eigenvalue weighted by Gasteiger charge is -2.22. The summed E-state index contributed by atoms with van der Waals surface area (Å²) >= 11 is 0. The average molecular weight is 223 g/mol. The molecule has 0 saturated carbocycles. The van der Waals surface area contributed by atoms with Crippen LogP contribution in [0.3, 0.4) is 0 Å². The summed E-state index contributed by atoms with van der Waals surface area (Å²) in [6, 6.07) is 2.90. The summed E-state index contributed by atoms with van der Waals surface area (Å²) in [4.78, 5) is 11.0. The Hall–Kier alpha value is -1.38. The molecular formula is C13H18FNO. The highest BCUT2D eigenvalue weighted by molar-refractivity contribution is 5.71. The zero-order valence-electron chi connectivity index (χ0n) is 10.2. The molecule has 0 spiro atoms. The maximum atomic E-state index is 13.4. The molecule has 88 valence electrons. The number of halogens is 1. The lowest BCUT2D eigenvalue weighted by molar-refractivity contribution is -0.111. The predicted molar refractivity (Wildman–Crippen MR) is 64.4 cm³/mol. The Bertz CT molecular complexity index is 399. The monoisotopic (exact) mass is 223 g/mol. The Morgan fingerprint density at radius 1 is 1.44 bits per heavy atom. The Morgan fingerprint density at radius 3 is 2.56 bits per heavy atom. The number of hydrogen-bond acceptors (Lipinski definition) is 2. The molecule has 2 nitrogen and oxygen atoms in total. The van der Waals surface area contributed by atoms with E-state index in [9.17, 15) is 9.18 Å². The van der Waals surface area contributed by atoms with Crippen LogP contribution in [0.4, 0.5) is 10.1 Å². The Kier molecular flexibility index (Phi) is 3.68. The van der Waals surface area contributed by atoms with Crippen LogP contribution in [0, 0.1) is 12.7 Å². The molecule has 0 heterocycles. The van der Waals surface area contributed by atoms with Gasteiger partial charge in [0.05, 0.1) is 0 Å². The standard InChI is InChI=1S/C13H18FNO/c1-5-15-12-7-10(14)6-11(9(12)2)13(3,4)8-16/h6-8,15H,5H2,1-4H3. The number of carbonyl (C=O) groups excluding carboxylic acids is 1. The Balaban J connectivity index is 3.34. The third-order valence-electron chi connectivity index (χ3n) is 2.73. The van der Waals surface area contributed by atoms with E-state index in [4.69, 9.17) is 0 Å². The Labute approximate surface area is 95.9 Å². The van der Waals surface area contributed by atoms with Crippen LogP contribution in [0.2, 0.25) is 0 Å². The molecule has 0 aliphatic heterocycles. The van der Waals surface area contributed by atoms with Gasteiger partial charge in [-0.1, -0.05) is 0 Å². The summed E-state index contributed by atoms with van der Waals surface area (Å²) in [6.45, 7) is 8.16. The molecule has 0 aliphatic rings. The maximum absolute atomic E-state index is 13.4. The third kappa shape index (κ3) is 2.40. The lowest BCUT2D eigenvalue weighted by atomic mass is 9.83. The van der Waals surface area contributed by atoms with E-state index in [0.29, 0.717) is 0 Å². The van der Waals surface area contributed by atoms with E-state index in [1.165, 1.54) is 12.1 Å². The first-order chi connectivity index (χ1) is 7.42. The topological polar surface area (TPSA) is 29.1 Å². The summed E-state index contributed by atoms with van der Waals surface area (Å²) < 4.78 is 13.4. The molecular weight excluding hydrogens is 205 g/mol. The van der Waals surface area contributed by atoms with Gasteiger partial charge >= 0.3 is 0 Å². The first-order valence-corrected chi connectivity index (χ1v) is 5.43. The second-order valence-electron chi connectivity index (χ2n) is 4.50. The van der Waals surface area contributed by atoms with Crippen LogP contribution in [0.15, 0.2) is 12.1 Å². The Morgan fingerprint density at radius 2 is 2.06 bits per heavy atom. The molecule has 1 aromatic rings. The van der Waals surface area contributed by atoms with Gasteiger partial charge in [-0.05, 0) is 51.0 Å². The van der Waals surface area contributed by atoms with E-state index in [0.717, 1.165) is 29.6 Å². The second kappa shape index (κ2) is 4.64. The number of benzene rings is 1. The van der Waals surface area contributed by atoms with Crippen molar-refractivity contribution in [1.29, 1.82) is 0 Å². The van der Waals surface area contributed by atoms with Gasteiger partial charge in [0.15, 0.2) is 0 Å². The van der Waals surface area contributed by atoms with Crippen molar-refractivity contribution in [2.45, 2.75) is 33.1 Å². The molecule has 0 aliphatic carbocycles. The number of aldehydes is 1. The molecule has 0 amide bonds. The largest absolute Gasteiger partial charge is 0.385 e. The quantitative estimate of drug-likeness (QED) is 0.795. The summed E-state index contributed by atoms with van der Waals surface area (Å²) in [7, 11) is 0. The number of nitrogens with one attached hydrogen (secondary N) is 1. The minimum Gasteiger partial charge on any atom is -0.385 e. The summed E-state index contributed by atoms with van der Waals surface area (Å²) in [5.41, 5.74) is 1.77. The molecule has 0 saturated heterocycles. The van der Waals surface area contributed by atoms with Crippen molar-refractivity contribution in [2.75, 3.05) is 11.9 Å². The minimum absolute atomic E-state index is 0.313. The summed E-state index contributed by atoms with van der Waals surface area (Å²) in [5.74, 6) is -0.313. The van der Waals surface area contributed by atoms with Gasteiger partial charge in [-0.15, -0.1) is 0 Å². The first-order valence-electron chi connectivity index (χ1n) is 5.43. The smallest absolute Gasteiger partial charge is 0.129 e. The van der Waals surface area contributed by atoms with E-state index in [1.807, 2.05) is 13.8 Å². The molecule has 1 aromatic carbocycles. The van der Waals surface area contributed by atoms with Gasteiger partial charge in [0.2, 0.25) is 0 Å². The molecule has 0 fully saturated rings. The van der Waals surface area contributed by atoms with Crippen LogP contribution in [0.25, 0.3) is 0 Å². The highest BCUT2D eigenvalue weighted by atomic mass is 19.1. The molecule has 0 aromatic heterocycles. The van der Waals surface area contributed by atoms with Crippen molar-refractivity contribution in [3.05, 3.63) is 29.1 Å². The van der Waals surface area contributed by atoms with Crippen LogP contribution in [0.1, 0.15) is 31.9 Å². The molecule has 1 rings (SSSR count). The predicted octanol–water partition coefficient (Wildman–Crippen LogP) is 3.04. The van der Waals surface area contributed by atoms with Gasteiger partial charge < -0.3 is 10.1 Å². The molecule has 0 radical (unpaired) electrons. The minimum atomic E-state index is -0.656. The van der Waals surface area contributed by atoms with E-state index >= 15 is 0 Å². The SMILES string of the molecule is CCNc1cc(F)cc(C(C)(C)C=O)c1C. The molecule has 16 heavy (non-hydrogen) atoms. The van der Waals surface area contributed by atoms with Gasteiger partial charge in [-0.2, -0.15) is 0 Å². The highest BCUT2D eigenvalue weighted by Gasteiger charge is 2.23. The summed E-state index contributed by atoms with van der Waals surface area (Å²) in [5, 5.41) is 3.10. The van der Waals surface area contributed by atoms with Crippen molar-refractivity contribution in [2.24, 2.45) is 0 Å². The first kappa shape index (κ1) is 12.7. The van der Waals surface area contributed by atoms with Crippen molar-refractivity contribution in [3.8, 4) is 0 Å². The van der Waals surface area contributed by atoms with Gasteiger partial charge in [0.25, 0.3) is 0 Å². The van der Waals surface area contributed by atoms with Crippen molar-refractivity contribution >= 4 is 12.0 Å². The molecule has 0 unspecified atom stereocenters. The fourth-order valence-electron chi connectivity index (χ4n) is 1.79. The van der Waals surface area contributed by atoms with E-state index < -0.39 is 5.41 Å². The zero-order valence-corrected chi connectivity index (χ0v) is 10.2. The number of hydrogen-bond donors (Lipinski definition) is 1. The molecule has 0 bridgehead atoms. The van der Waals surface area contributed by atoms with Gasteiger partial charge in [-0.3, -0.25) is 0 Å². The van der Waals surface area contributed by atoms with Crippen molar-refractivity contribution < 1.29 is 9.18 Å². The fraction of sp³-hybridized carbons (Fsp3) is 0.462. The molecule has 3 heteroatoms. The average Bonchev–Trinajstić information content (AvgIpc) is 2.23. The van der Waals surface area contributed by atoms with Crippen LogP contribution in [-0.2, 0) is 10.2 Å².